The zero-order chi connectivity index (χ0) is 24.8. The van der Waals surface area contributed by atoms with Crippen LogP contribution >= 0.6 is 11.8 Å². The number of aromatic nitrogens is 4. The number of hydrogen-bond donors (Lipinski definition) is 2. The van der Waals surface area contributed by atoms with E-state index >= 15 is 0 Å². The van der Waals surface area contributed by atoms with E-state index in [0.717, 1.165) is 22.1 Å². The Bertz CT molecular complexity index is 1310. The monoisotopic (exact) mass is 488 g/mol. The molecule has 0 radical (unpaired) electrons. The largest absolute Gasteiger partial charge is 0.348 e. The normalized spacial score (nSPS) is 10.8. The number of benzene rings is 2. The second-order valence-corrected chi connectivity index (χ2v) is 9.15. The predicted octanol–water partition coefficient (Wildman–Crippen LogP) is 3.94. The predicted molar refractivity (Wildman–Crippen MR) is 137 cm³/mol. The standard InChI is InChI=1S/C26H28N6O2S/c1-18-23(19(2)32(30-18)16-20-7-5-4-6-8-20)15-28-25(34)21-9-11-22(12-10-21)29-24(33)17-35-26-27-13-14-31(26)3/h4-14H,15-17H2,1-3H3,(H,28,34)(H,29,33). The average molecular weight is 489 g/mol. The summed E-state index contributed by atoms with van der Waals surface area (Å²) in [4.78, 5) is 29.1. The molecule has 0 saturated carbocycles. The molecule has 0 aliphatic rings. The molecule has 0 aliphatic carbocycles. The lowest BCUT2D eigenvalue weighted by Gasteiger charge is -2.09. The summed E-state index contributed by atoms with van der Waals surface area (Å²) in [5.74, 6) is -0.0551. The van der Waals surface area contributed by atoms with Crippen LogP contribution in [0, 0.1) is 13.8 Å². The van der Waals surface area contributed by atoms with Crippen molar-refractivity contribution in [3.63, 3.8) is 0 Å². The van der Waals surface area contributed by atoms with Gasteiger partial charge in [0.1, 0.15) is 0 Å². The van der Waals surface area contributed by atoms with Crippen LogP contribution in [0.5, 0.6) is 0 Å². The van der Waals surface area contributed by atoms with Crippen LogP contribution in [0.25, 0.3) is 0 Å². The zero-order valence-corrected chi connectivity index (χ0v) is 20.8. The van der Waals surface area contributed by atoms with Crippen molar-refractivity contribution in [1.29, 1.82) is 0 Å². The van der Waals surface area contributed by atoms with Crippen molar-refractivity contribution in [2.45, 2.75) is 32.1 Å². The van der Waals surface area contributed by atoms with Gasteiger partial charge >= 0.3 is 0 Å². The molecular formula is C26H28N6O2S. The molecule has 0 aliphatic heterocycles. The van der Waals surface area contributed by atoms with Crippen LogP contribution in [0.15, 0.2) is 72.1 Å². The van der Waals surface area contributed by atoms with Crippen molar-refractivity contribution in [1.82, 2.24) is 24.6 Å². The fourth-order valence-corrected chi connectivity index (χ4v) is 4.43. The van der Waals surface area contributed by atoms with E-state index in [1.54, 1.807) is 30.5 Å². The molecule has 2 aromatic heterocycles. The number of hydrogen-bond acceptors (Lipinski definition) is 5. The number of carbonyl (C=O) groups excluding carboxylic acids is 2. The average Bonchev–Trinajstić information content (AvgIpc) is 3.38. The third-order valence-electron chi connectivity index (χ3n) is 5.67. The van der Waals surface area contributed by atoms with Crippen LogP contribution in [0.4, 0.5) is 5.69 Å². The van der Waals surface area contributed by atoms with E-state index in [4.69, 9.17) is 0 Å². The Balaban J connectivity index is 1.30. The number of imidazole rings is 1. The molecular weight excluding hydrogens is 460 g/mol. The number of anilines is 1. The Morgan fingerprint density at radius 3 is 2.46 bits per heavy atom. The first-order valence-electron chi connectivity index (χ1n) is 11.3. The quantitative estimate of drug-likeness (QED) is 0.348. The van der Waals surface area contributed by atoms with Gasteiger partial charge in [0, 0.05) is 48.5 Å². The van der Waals surface area contributed by atoms with Crippen molar-refractivity contribution in [3.8, 4) is 0 Å². The van der Waals surface area contributed by atoms with Gasteiger partial charge in [-0.25, -0.2) is 4.98 Å². The summed E-state index contributed by atoms with van der Waals surface area (Å²) < 4.78 is 3.83. The third-order valence-corrected chi connectivity index (χ3v) is 6.73. The van der Waals surface area contributed by atoms with Gasteiger partial charge in [-0.15, -0.1) is 0 Å². The maximum absolute atomic E-state index is 12.7. The lowest BCUT2D eigenvalue weighted by atomic mass is 10.1. The number of carbonyl (C=O) groups is 2. The highest BCUT2D eigenvalue weighted by Crippen LogP contribution is 2.17. The van der Waals surface area contributed by atoms with E-state index in [1.807, 2.05) is 54.5 Å². The number of nitrogens with one attached hydrogen (secondary N) is 2. The molecule has 0 bridgehead atoms. The van der Waals surface area contributed by atoms with Gasteiger partial charge in [0.2, 0.25) is 5.91 Å². The van der Waals surface area contributed by atoms with Crippen molar-refractivity contribution < 1.29 is 9.59 Å². The van der Waals surface area contributed by atoms with Crippen LogP contribution in [-0.2, 0) is 24.9 Å². The molecule has 2 heterocycles. The van der Waals surface area contributed by atoms with E-state index in [1.165, 1.54) is 17.3 Å². The second-order valence-electron chi connectivity index (χ2n) is 8.21. The first-order valence-corrected chi connectivity index (χ1v) is 12.2. The topological polar surface area (TPSA) is 93.8 Å². The van der Waals surface area contributed by atoms with Crippen molar-refractivity contribution in [2.24, 2.45) is 7.05 Å². The van der Waals surface area contributed by atoms with Crippen LogP contribution < -0.4 is 10.6 Å². The van der Waals surface area contributed by atoms with Gasteiger partial charge in [-0.2, -0.15) is 5.10 Å². The minimum atomic E-state index is -0.178. The molecule has 0 atom stereocenters. The molecule has 0 spiro atoms. The molecule has 0 fully saturated rings. The Hall–Kier alpha value is -3.85. The Morgan fingerprint density at radius 1 is 1.03 bits per heavy atom. The molecule has 4 rings (SSSR count). The summed E-state index contributed by atoms with van der Waals surface area (Å²) in [5, 5.41) is 11.3. The molecule has 2 N–H and O–H groups in total. The smallest absolute Gasteiger partial charge is 0.251 e. The summed E-state index contributed by atoms with van der Waals surface area (Å²) in [6, 6.07) is 17.0. The Morgan fingerprint density at radius 2 is 1.77 bits per heavy atom. The third kappa shape index (κ3) is 6.19. The fraction of sp³-hybridized carbons (Fsp3) is 0.231. The van der Waals surface area contributed by atoms with Gasteiger partial charge in [0.25, 0.3) is 5.91 Å². The van der Waals surface area contributed by atoms with E-state index in [2.05, 4.69) is 32.8 Å². The molecule has 2 amide bonds. The molecule has 0 unspecified atom stereocenters. The number of nitrogens with zero attached hydrogens (tertiary/aromatic N) is 4. The van der Waals surface area contributed by atoms with Gasteiger partial charge in [-0.05, 0) is 43.7 Å². The SMILES string of the molecule is Cc1nn(Cc2ccccc2)c(C)c1CNC(=O)c1ccc(NC(=O)CSc2nccn2C)cc1. The van der Waals surface area contributed by atoms with Gasteiger partial charge in [0.05, 0.1) is 18.0 Å². The van der Waals surface area contributed by atoms with Crippen LogP contribution in [0.1, 0.15) is 32.9 Å². The van der Waals surface area contributed by atoms with Crippen LogP contribution in [-0.4, -0.2) is 36.9 Å². The van der Waals surface area contributed by atoms with E-state index in [0.29, 0.717) is 24.3 Å². The highest BCUT2D eigenvalue weighted by molar-refractivity contribution is 7.99. The first-order chi connectivity index (χ1) is 16.9. The highest BCUT2D eigenvalue weighted by Gasteiger charge is 2.14. The zero-order valence-electron chi connectivity index (χ0n) is 20.0. The maximum Gasteiger partial charge on any atom is 0.251 e. The van der Waals surface area contributed by atoms with Crippen LogP contribution in [0.3, 0.4) is 0 Å². The number of aryl methyl sites for hydroxylation is 2. The minimum Gasteiger partial charge on any atom is -0.348 e. The summed E-state index contributed by atoms with van der Waals surface area (Å²) in [7, 11) is 1.89. The highest BCUT2D eigenvalue weighted by atomic mass is 32.2. The van der Waals surface area contributed by atoms with Crippen molar-refractivity contribution in [2.75, 3.05) is 11.1 Å². The van der Waals surface area contributed by atoms with Gasteiger partial charge < -0.3 is 15.2 Å². The van der Waals surface area contributed by atoms with E-state index < -0.39 is 0 Å². The maximum atomic E-state index is 12.7. The van der Waals surface area contributed by atoms with E-state index in [-0.39, 0.29) is 17.6 Å². The summed E-state index contributed by atoms with van der Waals surface area (Å²) in [6.07, 6.45) is 3.53. The lowest BCUT2D eigenvalue weighted by Crippen LogP contribution is -2.23. The molecule has 4 aromatic rings. The van der Waals surface area contributed by atoms with Gasteiger partial charge in [0.15, 0.2) is 5.16 Å². The number of rotatable bonds is 9. The first kappa shape index (κ1) is 24.3. The fourth-order valence-electron chi connectivity index (χ4n) is 3.69. The van der Waals surface area contributed by atoms with Crippen molar-refractivity contribution in [3.05, 3.63) is 95.1 Å². The van der Waals surface area contributed by atoms with E-state index in [9.17, 15) is 9.59 Å². The molecule has 8 nitrogen and oxygen atoms in total. The number of amides is 2. The minimum absolute atomic E-state index is 0.131. The summed E-state index contributed by atoms with van der Waals surface area (Å²) in [6.45, 7) is 5.07. The second kappa shape index (κ2) is 11.1. The lowest BCUT2D eigenvalue weighted by molar-refractivity contribution is -0.113. The number of thioether (sulfide) groups is 1. The molecule has 9 heteroatoms. The molecule has 180 valence electrons. The molecule has 2 aromatic carbocycles. The van der Waals surface area contributed by atoms with Gasteiger partial charge in [-0.3, -0.25) is 14.3 Å². The Labute approximate surface area is 208 Å². The molecule has 0 saturated heterocycles. The van der Waals surface area contributed by atoms with Gasteiger partial charge in [-0.1, -0.05) is 42.1 Å². The summed E-state index contributed by atoms with van der Waals surface area (Å²) >= 11 is 1.37. The van der Waals surface area contributed by atoms with Crippen molar-refractivity contribution >= 4 is 29.3 Å². The summed E-state index contributed by atoms with van der Waals surface area (Å²) in [5.41, 5.74) is 5.30. The molecule has 35 heavy (non-hydrogen) atoms. The van der Waals surface area contributed by atoms with Crippen LogP contribution in [0.2, 0.25) is 0 Å². The Kier molecular flexibility index (Phi) is 7.67.